The molecule has 0 aromatic carbocycles. The lowest BCUT2D eigenvalue weighted by Gasteiger charge is -2.20. The van der Waals surface area contributed by atoms with E-state index in [0.29, 0.717) is 12.3 Å². The van der Waals surface area contributed by atoms with Crippen molar-refractivity contribution in [1.82, 2.24) is 19.6 Å². The summed E-state index contributed by atoms with van der Waals surface area (Å²) in [5.74, 6) is 1.18. The summed E-state index contributed by atoms with van der Waals surface area (Å²) in [6.07, 6.45) is 5.16. The Bertz CT molecular complexity index is 591. The van der Waals surface area contributed by atoms with Gasteiger partial charge >= 0.3 is 0 Å². The molecule has 0 radical (unpaired) electrons. The fourth-order valence-electron chi connectivity index (χ4n) is 2.03. The van der Waals surface area contributed by atoms with Crippen LogP contribution in [0.4, 0.5) is 0 Å². The van der Waals surface area contributed by atoms with Gasteiger partial charge in [-0.05, 0) is 6.42 Å². The number of aliphatic hydroxyl groups is 1. The molecular weight excluding hydrogens is 272 g/mol. The monoisotopic (exact) mass is 292 g/mol. The van der Waals surface area contributed by atoms with E-state index in [1.807, 2.05) is 24.7 Å². The van der Waals surface area contributed by atoms with Gasteiger partial charge < -0.3 is 19.1 Å². The first-order chi connectivity index (χ1) is 10.2. The molecule has 2 aromatic heterocycles. The molecule has 0 aliphatic carbocycles. The number of carbonyl (C=O) groups is 1. The van der Waals surface area contributed by atoms with Crippen molar-refractivity contribution in [2.24, 2.45) is 7.05 Å². The predicted octanol–water partition coefficient (Wildman–Crippen LogP) is 0.995. The third-order valence-corrected chi connectivity index (χ3v) is 3.18. The number of aliphatic hydroxyl groups excluding tert-OH is 1. The van der Waals surface area contributed by atoms with E-state index in [1.165, 1.54) is 4.90 Å². The van der Waals surface area contributed by atoms with Crippen molar-refractivity contribution in [2.45, 2.75) is 26.3 Å². The van der Waals surface area contributed by atoms with Crippen LogP contribution in [0.2, 0.25) is 0 Å². The highest BCUT2D eigenvalue weighted by Crippen LogP contribution is 2.11. The number of nitrogens with zero attached hydrogens (tertiary/aromatic N) is 4. The third kappa shape index (κ3) is 3.69. The fourth-order valence-corrected chi connectivity index (χ4v) is 2.03. The van der Waals surface area contributed by atoms with Crippen LogP contribution >= 0.6 is 0 Å². The number of aromatic nitrogens is 3. The van der Waals surface area contributed by atoms with E-state index < -0.39 is 0 Å². The summed E-state index contributed by atoms with van der Waals surface area (Å²) in [7, 11) is 1.86. The van der Waals surface area contributed by atoms with Gasteiger partial charge in [0.25, 0.3) is 5.91 Å². The Kier molecular flexibility index (Phi) is 5.10. The van der Waals surface area contributed by atoms with E-state index >= 15 is 0 Å². The first-order valence-electron chi connectivity index (χ1n) is 6.97. The molecule has 7 nitrogen and oxygen atoms in total. The first kappa shape index (κ1) is 15.2. The molecule has 0 fully saturated rings. The second-order valence-corrected chi connectivity index (χ2v) is 4.83. The van der Waals surface area contributed by atoms with Crippen LogP contribution in [-0.2, 0) is 20.0 Å². The van der Waals surface area contributed by atoms with Crippen LogP contribution in [0.3, 0.4) is 0 Å². The van der Waals surface area contributed by atoms with Gasteiger partial charge in [-0.3, -0.25) is 4.79 Å². The van der Waals surface area contributed by atoms with E-state index in [4.69, 9.17) is 9.63 Å². The molecule has 114 valence electrons. The van der Waals surface area contributed by atoms with Gasteiger partial charge in [0.1, 0.15) is 11.6 Å². The molecule has 0 spiro atoms. The maximum absolute atomic E-state index is 12.4. The Balaban J connectivity index is 2.12. The van der Waals surface area contributed by atoms with Gasteiger partial charge in [0.05, 0.1) is 13.2 Å². The average molecular weight is 292 g/mol. The molecule has 0 saturated heterocycles. The number of carbonyl (C=O) groups excluding carboxylic acids is 1. The number of hydrogen-bond acceptors (Lipinski definition) is 5. The quantitative estimate of drug-likeness (QED) is 0.823. The summed E-state index contributed by atoms with van der Waals surface area (Å²) in [6, 6.07) is 1.66. The molecule has 0 atom stereocenters. The topological polar surface area (TPSA) is 84.4 Å². The molecule has 2 heterocycles. The maximum Gasteiger partial charge on any atom is 0.276 e. The standard InChI is InChI=1S/C14H20N4O3/c1-3-4-11-9-12(16-21-11)14(20)18(7-8-19)10-13-15-5-6-17(13)2/h5-6,9,19H,3-4,7-8,10H2,1-2H3. The highest BCUT2D eigenvalue weighted by molar-refractivity contribution is 5.92. The normalized spacial score (nSPS) is 10.8. The van der Waals surface area contributed by atoms with Gasteiger partial charge in [-0.25, -0.2) is 4.98 Å². The molecule has 2 rings (SSSR count). The zero-order valence-corrected chi connectivity index (χ0v) is 12.3. The number of rotatable bonds is 7. The van der Waals surface area contributed by atoms with Gasteiger partial charge in [0.2, 0.25) is 0 Å². The number of aryl methyl sites for hydroxylation is 2. The van der Waals surface area contributed by atoms with E-state index in [-0.39, 0.29) is 24.8 Å². The lowest BCUT2D eigenvalue weighted by atomic mass is 10.2. The van der Waals surface area contributed by atoms with Crippen molar-refractivity contribution in [2.75, 3.05) is 13.2 Å². The van der Waals surface area contributed by atoms with Crippen LogP contribution in [0, 0.1) is 0 Å². The summed E-state index contributed by atoms with van der Waals surface area (Å²) < 4.78 is 6.97. The van der Waals surface area contributed by atoms with Crippen LogP contribution in [-0.4, -0.2) is 43.8 Å². The van der Waals surface area contributed by atoms with Crippen molar-refractivity contribution in [3.63, 3.8) is 0 Å². The van der Waals surface area contributed by atoms with Gasteiger partial charge in [0.15, 0.2) is 5.69 Å². The molecule has 0 aliphatic heterocycles. The molecule has 2 aromatic rings. The number of hydrogen-bond donors (Lipinski definition) is 1. The van der Waals surface area contributed by atoms with Crippen molar-refractivity contribution in [1.29, 1.82) is 0 Å². The van der Waals surface area contributed by atoms with Crippen LogP contribution in [0.1, 0.15) is 35.4 Å². The zero-order valence-electron chi connectivity index (χ0n) is 12.3. The van der Waals surface area contributed by atoms with Crippen molar-refractivity contribution >= 4 is 5.91 Å². The Hall–Kier alpha value is -2.15. The van der Waals surface area contributed by atoms with Crippen LogP contribution in [0.5, 0.6) is 0 Å². The van der Waals surface area contributed by atoms with E-state index in [1.54, 1.807) is 12.3 Å². The lowest BCUT2D eigenvalue weighted by Crippen LogP contribution is -2.34. The predicted molar refractivity (Wildman–Crippen MR) is 75.5 cm³/mol. The molecule has 0 aliphatic rings. The average Bonchev–Trinajstić information content (AvgIpc) is 3.08. The minimum absolute atomic E-state index is 0.115. The first-order valence-corrected chi connectivity index (χ1v) is 6.97. The Labute approximate surface area is 123 Å². The highest BCUT2D eigenvalue weighted by atomic mass is 16.5. The second kappa shape index (κ2) is 7.03. The molecule has 0 saturated carbocycles. The van der Waals surface area contributed by atoms with Gasteiger partial charge in [-0.2, -0.15) is 0 Å². The molecule has 1 N–H and O–H groups in total. The largest absolute Gasteiger partial charge is 0.395 e. The smallest absolute Gasteiger partial charge is 0.276 e. The Morgan fingerprint density at radius 2 is 2.33 bits per heavy atom. The number of amides is 1. The Morgan fingerprint density at radius 1 is 1.52 bits per heavy atom. The van der Waals surface area contributed by atoms with Crippen molar-refractivity contribution in [3.8, 4) is 0 Å². The van der Waals surface area contributed by atoms with Gasteiger partial charge in [-0.1, -0.05) is 12.1 Å². The Morgan fingerprint density at radius 3 is 2.95 bits per heavy atom. The minimum Gasteiger partial charge on any atom is -0.395 e. The maximum atomic E-state index is 12.4. The molecule has 1 amide bonds. The van der Waals surface area contributed by atoms with E-state index in [2.05, 4.69) is 10.1 Å². The number of imidazole rings is 1. The summed E-state index contributed by atoms with van der Waals surface area (Å²) in [5.41, 5.74) is 0.265. The lowest BCUT2D eigenvalue weighted by molar-refractivity contribution is 0.0691. The van der Waals surface area contributed by atoms with E-state index in [9.17, 15) is 4.79 Å². The van der Waals surface area contributed by atoms with E-state index in [0.717, 1.165) is 18.7 Å². The third-order valence-electron chi connectivity index (χ3n) is 3.18. The zero-order chi connectivity index (χ0) is 15.2. The SMILES string of the molecule is CCCc1cc(C(=O)N(CCO)Cc2nccn2C)no1. The van der Waals surface area contributed by atoms with Crippen molar-refractivity contribution < 1.29 is 14.4 Å². The highest BCUT2D eigenvalue weighted by Gasteiger charge is 2.21. The summed E-state index contributed by atoms with van der Waals surface area (Å²) in [6.45, 7) is 2.46. The summed E-state index contributed by atoms with van der Waals surface area (Å²) in [4.78, 5) is 18.1. The van der Waals surface area contributed by atoms with Gasteiger partial charge in [-0.15, -0.1) is 0 Å². The molecular formula is C14H20N4O3. The van der Waals surface area contributed by atoms with Crippen molar-refractivity contribution in [3.05, 3.63) is 35.7 Å². The van der Waals surface area contributed by atoms with Gasteiger partial charge in [0, 0.05) is 38.5 Å². The molecule has 0 bridgehead atoms. The summed E-state index contributed by atoms with van der Waals surface area (Å²) in [5, 5.41) is 13.0. The minimum atomic E-state index is -0.266. The fraction of sp³-hybridized carbons (Fsp3) is 0.500. The van der Waals surface area contributed by atoms with Crippen LogP contribution < -0.4 is 0 Å². The second-order valence-electron chi connectivity index (χ2n) is 4.83. The molecule has 21 heavy (non-hydrogen) atoms. The summed E-state index contributed by atoms with van der Waals surface area (Å²) >= 11 is 0. The van der Waals surface area contributed by atoms with Crippen LogP contribution in [0.25, 0.3) is 0 Å². The van der Waals surface area contributed by atoms with Crippen LogP contribution in [0.15, 0.2) is 23.0 Å². The molecule has 7 heteroatoms. The molecule has 0 unspecified atom stereocenters.